The quantitative estimate of drug-likeness (QED) is 0.903. The van der Waals surface area contributed by atoms with Crippen molar-refractivity contribution in [1.82, 2.24) is 5.32 Å². The van der Waals surface area contributed by atoms with Crippen LogP contribution in [0.1, 0.15) is 40.2 Å². The highest BCUT2D eigenvalue weighted by Crippen LogP contribution is 2.20. The molecule has 0 atom stereocenters. The highest BCUT2D eigenvalue weighted by molar-refractivity contribution is 7.12. The summed E-state index contributed by atoms with van der Waals surface area (Å²) in [7, 11) is 0. The molecule has 2 rings (SSSR count). The molecule has 0 saturated carbocycles. The van der Waals surface area contributed by atoms with Gasteiger partial charge in [0.15, 0.2) is 0 Å². The Labute approximate surface area is 130 Å². The van der Waals surface area contributed by atoms with E-state index in [9.17, 15) is 4.79 Å². The van der Waals surface area contributed by atoms with E-state index in [2.05, 4.69) is 25.2 Å². The second-order valence-corrected chi connectivity index (χ2v) is 6.47. The van der Waals surface area contributed by atoms with Gasteiger partial charge in [-0.25, -0.2) is 0 Å². The summed E-state index contributed by atoms with van der Waals surface area (Å²) in [6.45, 7) is 8.50. The first-order valence-electron chi connectivity index (χ1n) is 7.03. The van der Waals surface area contributed by atoms with Crippen molar-refractivity contribution >= 4 is 17.2 Å². The minimum atomic E-state index is -0.0207. The molecule has 0 fully saturated rings. The molecule has 0 aliphatic heterocycles. The summed E-state index contributed by atoms with van der Waals surface area (Å²) in [5.41, 5.74) is 3.40. The zero-order valence-electron chi connectivity index (χ0n) is 12.9. The van der Waals surface area contributed by atoms with Crippen LogP contribution in [-0.4, -0.2) is 11.9 Å². The van der Waals surface area contributed by atoms with Crippen molar-refractivity contribution < 1.29 is 9.53 Å². The van der Waals surface area contributed by atoms with Gasteiger partial charge < -0.3 is 10.1 Å². The zero-order chi connectivity index (χ0) is 15.4. The van der Waals surface area contributed by atoms with Gasteiger partial charge in [0, 0.05) is 11.6 Å². The van der Waals surface area contributed by atoms with E-state index in [0.29, 0.717) is 6.61 Å². The summed E-state index contributed by atoms with van der Waals surface area (Å²) in [6, 6.07) is 8.20. The highest BCUT2D eigenvalue weighted by atomic mass is 32.1. The SMILES string of the molecule is Cc1cc(C)cc(OCc2csc(C(=O)NC(C)C)c2)c1. The van der Waals surface area contributed by atoms with E-state index in [1.165, 1.54) is 22.5 Å². The maximum Gasteiger partial charge on any atom is 0.261 e. The lowest BCUT2D eigenvalue weighted by Crippen LogP contribution is -2.29. The van der Waals surface area contributed by atoms with Crippen LogP contribution >= 0.6 is 11.3 Å². The second-order valence-electron chi connectivity index (χ2n) is 5.56. The van der Waals surface area contributed by atoms with Gasteiger partial charge in [0.1, 0.15) is 12.4 Å². The van der Waals surface area contributed by atoms with E-state index in [4.69, 9.17) is 4.74 Å². The van der Waals surface area contributed by atoms with E-state index in [1.54, 1.807) is 0 Å². The van der Waals surface area contributed by atoms with Crippen molar-refractivity contribution in [2.75, 3.05) is 0 Å². The van der Waals surface area contributed by atoms with Gasteiger partial charge >= 0.3 is 0 Å². The third-order valence-electron chi connectivity index (χ3n) is 2.90. The van der Waals surface area contributed by atoms with Gasteiger partial charge in [-0.05, 0) is 62.4 Å². The van der Waals surface area contributed by atoms with Gasteiger partial charge in [0.05, 0.1) is 4.88 Å². The van der Waals surface area contributed by atoms with Crippen molar-refractivity contribution in [3.63, 3.8) is 0 Å². The molecule has 0 aliphatic carbocycles. The first kappa shape index (κ1) is 15.6. The average Bonchev–Trinajstić information content (AvgIpc) is 2.83. The van der Waals surface area contributed by atoms with Crippen molar-refractivity contribution in [2.45, 2.75) is 40.3 Å². The number of benzene rings is 1. The molecule has 1 heterocycles. The Bertz CT molecular complexity index is 611. The predicted molar refractivity (Wildman–Crippen MR) is 87.2 cm³/mol. The Hall–Kier alpha value is -1.81. The fourth-order valence-corrected chi connectivity index (χ4v) is 2.89. The fourth-order valence-electron chi connectivity index (χ4n) is 2.09. The van der Waals surface area contributed by atoms with E-state index in [0.717, 1.165) is 16.2 Å². The van der Waals surface area contributed by atoms with Crippen LogP contribution in [0.15, 0.2) is 29.6 Å². The molecule has 0 unspecified atom stereocenters. The Balaban J connectivity index is 1.98. The monoisotopic (exact) mass is 303 g/mol. The van der Waals surface area contributed by atoms with E-state index in [-0.39, 0.29) is 11.9 Å². The lowest BCUT2D eigenvalue weighted by atomic mass is 10.1. The second kappa shape index (κ2) is 6.76. The molecule has 21 heavy (non-hydrogen) atoms. The van der Waals surface area contributed by atoms with Crippen LogP contribution in [0.4, 0.5) is 0 Å². The molecular weight excluding hydrogens is 282 g/mol. The number of carbonyl (C=O) groups excluding carboxylic acids is 1. The summed E-state index contributed by atoms with van der Waals surface area (Å²) in [4.78, 5) is 12.6. The summed E-state index contributed by atoms with van der Waals surface area (Å²) < 4.78 is 5.80. The molecule has 1 N–H and O–H groups in total. The number of hydrogen-bond donors (Lipinski definition) is 1. The average molecular weight is 303 g/mol. The maximum absolute atomic E-state index is 11.9. The summed E-state index contributed by atoms with van der Waals surface area (Å²) in [5.74, 6) is 0.847. The van der Waals surface area contributed by atoms with Crippen LogP contribution in [-0.2, 0) is 6.61 Å². The van der Waals surface area contributed by atoms with Crippen molar-refractivity contribution in [3.8, 4) is 5.75 Å². The molecule has 1 aromatic heterocycles. The Morgan fingerprint density at radius 1 is 1.19 bits per heavy atom. The molecule has 0 spiro atoms. The van der Waals surface area contributed by atoms with Crippen LogP contribution in [0, 0.1) is 13.8 Å². The molecule has 0 aliphatic rings. The minimum absolute atomic E-state index is 0.0207. The first-order valence-corrected chi connectivity index (χ1v) is 7.91. The normalized spacial score (nSPS) is 10.7. The topological polar surface area (TPSA) is 38.3 Å². The van der Waals surface area contributed by atoms with Gasteiger partial charge in [-0.3, -0.25) is 4.79 Å². The Morgan fingerprint density at radius 3 is 2.48 bits per heavy atom. The van der Waals surface area contributed by atoms with Gasteiger partial charge in [-0.15, -0.1) is 11.3 Å². The molecular formula is C17H21NO2S. The molecule has 2 aromatic rings. The van der Waals surface area contributed by atoms with E-state index < -0.39 is 0 Å². The van der Waals surface area contributed by atoms with Crippen LogP contribution in [0.3, 0.4) is 0 Å². The number of thiophene rings is 1. The van der Waals surface area contributed by atoms with E-state index >= 15 is 0 Å². The van der Waals surface area contributed by atoms with Crippen LogP contribution in [0.2, 0.25) is 0 Å². The number of hydrogen-bond acceptors (Lipinski definition) is 3. The number of amides is 1. The van der Waals surface area contributed by atoms with Gasteiger partial charge in [-0.1, -0.05) is 6.07 Å². The van der Waals surface area contributed by atoms with Crippen molar-refractivity contribution in [1.29, 1.82) is 0 Å². The Morgan fingerprint density at radius 2 is 1.86 bits per heavy atom. The maximum atomic E-state index is 11.9. The molecule has 0 radical (unpaired) electrons. The molecule has 3 nitrogen and oxygen atoms in total. The predicted octanol–water partition coefficient (Wildman–Crippen LogP) is 4.08. The smallest absolute Gasteiger partial charge is 0.261 e. The lowest BCUT2D eigenvalue weighted by molar-refractivity contribution is 0.0947. The third-order valence-corrected chi connectivity index (χ3v) is 3.88. The first-order chi connectivity index (χ1) is 9.94. The molecule has 1 amide bonds. The van der Waals surface area contributed by atoms with E-state index in [1.807, 2.05) is 37.4 Å². The summed E-state index contributed by atoms with van der Waals surface area (Å²) in [6.07, 6.45) is 0. The molecule has 0 saturated heterocycles. The summed E-state index contributed by atoms with van der Waals surface area (Å²) >= 11 is 1.45. The Kier molecular flexibility index (Phi) is 5.02. The molecule has 0 bridgehead atoms. The molecule has 1 aromatic carbocycles. The largest absolute Gasteiger partial charge is 0.489 e. The van der Waals surface area contributed by atoms with Crippen molar-refractivity contribution in [2.24, 2.45) is 0 Å². The van der Waals surface area contributed by atoms with Crippen LogP contribution in [0.25, 0.3) is 0 Å². The molecule has 112 valence electrons. The van der Waals surface area contributed by atoms with Gasteiger partial charge in [0.25, 0.3) is 5.91 Å². The molecule has 4 heteroatoms. The highest BCUT2D eigenvalue weighted by Gasteiger charge is 2.10. The number of nitrogens with one attached hydrogen (secondary N) is 1. The number of rotatable bonds is 5. The van der Waals surface area contributed by atoms with Crippen LogP contribution < -0.4 is 10.1 Å². The number of carbonyl (C=O) groups is 1. The fraction of sp³-hybridized carbons (Fsp3) is 0.353. The lowest BCUT2D eigenvalue weighted by Gasteiger charge is -2.07. The van der Waals surface area contributed by atoms with Gasteiger partial charge in [0.2, 0.25) is 0 Å². The summed E-state index contributed by atoms with van der Waals surface area (Å²) in [5, 5.41) is 4.86. The third kappa shape index (κ3) is 4.60. The minimum Gasteiger partial charge on any atom is -0.489 e. The number of ether oxygens (including phenoxy) is 1. The van der Waals surface area contributed by atoms with Gasteiger partial charge in [-0.2, -0.15) is 0 Å². The zero-order valence-corrected chi connectivity index (χ0v) is 13.7. The number of aryl methyl sites for hydroxylation is 2. The standard InChI is InChI=1S/C17H21NO2S/c1-11(2)18-17(19)16-8-14(10-21-16)9-20-15-6-12(3)5-13(4)7-15/h5-8,10-11H,9H2,1-4H3,(H,18,19). The van der Waals surface area contributed by atoms with Crippen LogP contribution in [0.5, 0.6) is 5.75 Å². The van der Waals surface area contributed by atoms with Crippen molar-refractivity contribution in [3.05, 3.63) is 51.2 Å².